The van der Waals surface area contributed by atoms with E-state index in [0.717, 1.165) is 25.2 Å². The summed E-state index contributed by atoms with van der Waals surface area (Å²) in [6.07, 6.45) is 5.51. The fraction of sp³-hybridized carbons (Fsp3) is 0.889. The summed E-state index contributed by atoms with van der Waals surface area (Å²) < 4.78 is 0. The Balaban J connectivity index is 2.15. The minimum Gasteiger partial charge on any atom is -0.480 e. The number of carbonyl (C=O) groups is 1. The monoisotopic (exact) mass is 169 g/mol. The molecule has 0 aromatic carbocycles. The second-order valence-electron chi connectivity index (χ2n) is 4.33. The molecule has 0 saturated heterocycles. The Bertz CT molecular complexity index is 207. The zero-order valence-corrected chi connectivity index (χ0v) is 7.12. The molecular formula is C9H15NO2. The maximum atomic E-state index is 10.7. The molecule has 0 aromatic heterocycles. The molecule has 0 spiro atoms. The molecule has 2 fully saturated rings. The van der Waals surface area contributed by atoms with Gasteiger partial charge in [0.2, 0.25) is 0 Å². The van der Waals surface area contributed by atoms with Gasteiger partial charge in [0, 0.05) is 0 Å². The van der Waals surface area contributed by atoms with Crippen molar-refractivity contribution in [2.45, 2.75) is 38.1 Å². The van der Waals surface area contributed by atoms with Gasteiger partial charge in [0.15, 0.2) is 0 Å². The molecule has 0 aromatic rings. The first kappa shape index (κ1) is 8.05. The van der Waals surface area contributed by atoms with Gasteiger partial charge in [-0.25, -0.2) is 0 Å². The van der Waals surface area contributed by atoms with Crippen LogP contribution in [0.3, 0.4) is 0 Å². The van der Waals surface area contributed by atoms with Crippen molar-refractivity contribution >= 4 is 5.97 Å². The van der Waals surface area contributed by atoms with E-state index in [0.29, 0.717) is 0 Å². The van der Waals surface area contributed by atoms with Gasteiger partial charge in [-0.3, -0.25) is 4.79 Å². The first-order valence-electron chi connectivity index (χ1n) is 4.62. The van der Waals surface area contributed by atoms with Crippen LogP contribution in [-0.4, -0.2) is 17.1 Å². The van der Waals surface area contributed by atoms with Crippen molar-refractivity contribution in [1.82, 2.24) is 0 Å². The van der Waals surface area contributed by atoms with Gasteiger partial charge in [0.25, 0.3) is 0 Å². The van der Waals surface area contributed by atoms with Gasteiger partial charge in [-0.05, 0) is 43.4 Å². The van der Waals surface area contributed by atoms with E-state index in [9.17, 15) is 4.79 Å². The van der Waals surface area contributed by atoms with E-state index in [4.69, 9.17) is 10.8 Å². The highest BCUT2D eigenvalue weighted by molar-refractivity contribution is 5.74. The maximum Gasteiger partial charge on any atom is 0.321 e. The molecule has 0 heterocycles. The molecule has 2 aliphatic rings. The van der Waals surface area contributed by atoms with E-state index in [1.165, 1.54) is 12.8 Å². The van der Waals surface area contributed by atoms with Crippen LogP contribution in [0.4, 0.5) is 0 Å². The second-order valence-corrected chi connectivity index (χ2v) is 4.33. The molecular weight excluding hydrogens is 154 g/mol. The number of aliphatic carboxylic acids is 1. The average Bonchev–Trinajstić information content (AvgIpc) is 2.62. The van der Waals surface area contributed by atoms with E-state index in [-0.39, 0.29) is 5.41 Å². The van der Waals surface area contributed by atoms with E-state index < -0.39 is 12.0 Å². The van der Waals surface area contributed by atoms with Gasteiger partial charge in [0.1, 0.15) is 6.04 Å². The van der Waals surface area contributed by atoms with Crippen LogP contribution in [-0.2, 0) is 4.79 Å². The highest BCUT2D eigenvalue weighted by atomic mass is 16.4. The van der Waals surface area contributed by atoms with Crippen LogP contribution in [0.2, 0.25) is 0 Å². The summed E-state index contributed by atoms with van der Waals surface area (Å²) in [6, 6.07) is -0.620. The minimum atomic E-state index is -0.822. The first-order chi connectivity index (χ1) is 5.64. The molecule has 0 amide bonds. The van der Waals surface area contributed by atoms with Crippen LogP contribution >= 0.6 is 0 Å². The summed E-state index contributed by atoms with van der Waals surface area (Å²) in [5, 5.41) is 8.83. The lowest BCUT2D eigenvalue weighted by Gasteiger charge is -2.30. The smallest absolute Gasteiger partial charge is 0.321 e. The third kappa shape index (κ3) is 0.959. The van der Waals surface area contributed by atoms with Crippen LogP contribution in [0.15, 0.2) is 0 Å². The van der Waals surface area contributed by atoms with Crippen LogP contribution in [0.1, 0.15) is 32.1 Å². The van der Waals surface area contributed by atoms with Crippen molar-refractivity contribution < 1.29 is 9.90 Å². The predicted octanol–water partition coefficient (Wildman–Crippen LogP) is 0.979. The van der Waals surface area contributed by atoms with Crippen molar-refractivity contribution in [3.05, 3.63) is 0 Å². The zero-order valence-electron chi connectivity index (χ0n) is 7.12. The van der Waals surface area contributed by atoms with Crippen molar-refractivity contribution in [2.75, 3.05) is 0 Å². The fourth-order valence-corrected chi connectivity index (χ4v) is 2.94. The Morgan fingerprint density at radius 3 is 2.42 bits per heavy atom. The predicted molar refractivity (Wildman–Crippen MR) is 44.6 cm³/mol. The van der Waals surface area contributed by atoms with Crippen LogP contribution in [0.5, 0.6) is 0 Å². The molecule has 0 radical (unpaired) electrons. The van der Waals surface area contributed by atoms with Crippen molar-refractivity contribution in [2.24, 2.45) is 17.1 Å². The average molecular weight is 169 g/mol. The third-order valence-electron chi connectivity index (χ3n) is 3.72. The van der Waals surface area contributed by atoms with Gasteiger partial charge in [-0.15, -0.1) is 0 Å². The lowest BCUT2D eigenvalue weighted by Crippen LogP contribution is -2.45. The van der Waals surface area contributed by atoms with Crippen LogP contribution in [0.25, 0.3) is 0 Å². The van der Waals surface area contributed by atoms with Crippen LogP contribution < -0.4 is 5.73 Å². The number of fused-ring (bicyclic) bond motifs is 2. The van der Waals surface area contributed by atoms with E-state index >= 15 is 0 Å². The topological polar surface area (TPSA) is 63.3 Å². The summed E-state index contributed by atoms with van der Waals surface area (Å²) in [5.74, 6) is -0.0482. The third-order valence-corrected chi connectivity index (χ3v) is 3.72. The lowest BCUT2D eigenvalue weighted by atomic mass is 9.78. The fourth-order valence-electron chi connectivity index (χ4n) is 2.94. The van der Waals surface area contributed by atoms with E-state index in [1.807, 2.05) is 0 Å². The Labute approximate surface area is 71.9 Å². The summed E-state index contributed by atoms with van der Waals surface area (Å²) >= 11 is 0. The van der Waals surface area contributed by atoms with Gasteiger partial charge in [-0.2, -0.15) is 0 Å². The Morgan fingerprint density at radius 2 is 2.08 bits per heavy atom. The molecule has 1 unspecified atom stereocenters. The molecule has 12 heavy (non-hydrogen) atoms. The van der Waals surface area contributed by atoms with Crippen molar-refractivity contribution in [3.63, 3.8) is 0 Å². The quantitative estimate of drug-likeness (QED) is 0.647. The highest BCUT2D eigenvalue weighted by Crippen LogP contribution is 2.55. The molecule has 3 heteroatoms. The maximum absolute atomic E-state index is 10.7. The summed E-state index contributed by atoms with van der Waals surface area (Å²) in [5.41, 5.74) is 5.66. The van der Waals surface area contributed by atoms with Crippen molar-refractivity contribution in [1.29, 1.82) is 0 Å². The molecule has 3 N–H and O–H groups in total. The van der Waals surface area contributed by atoms with Gasteiger partial charge in [-0.1, -0.05) is 0 Å². The summed E-state index contributed by atoms with van der Waals surface area (Å²) in [7, 11) is 0. The Kier molecular flexibility index (Phi) is 1.65. The standard InChI is InChI=1S/C9H15NO2/c10-7(8(11)12)9-3-1-6(5-9)2-4-9/h6-7H,1-5,10H2,(H,11,12). The molecule has 1 atom stereocenters. The van der Waals surface area contributed by atoms with Crippen molar-refractivity contribution in [3.8, 4) is 0 Å². The number of rotatable bonds is 2. The number of nitrogens with two attached hydrogens (primary N) is 1. The molecule has 3 nitrogen and oxygen atoms in total. The molecule has 2 saturated carbocycles. The van der Waals surface area contributed by atoms with Gasteiger partial charge >= 0.3 is 5.97 Å². The summed E-state index contributed by atoms with van der Waals surface area (Å²) in [6.45, 7) is 0. The normalized spacial score (nSPS) is 41.6. The highest BCUT2D eigenvalue weighted by Gasteiger charge is 2.50. The van der Waals surface area contributed by atoms with Crippen LogP contribution in [0, 0.1) is 11.3 Å². The Morgan fingerprint density at radius 1 is 1.50 bits per heavy atom. The SMILES string of the molecule is NC(C(=O)O)C12CCC(CC1)C2. The number of carboxylic acids is 1. The van der Waals surface area contributed by atoms with Gasteiger partial charge < -0.3 is 10.8 Å². The largest absolute Gasteiger partial charge is 0.480 e. The van der Waals surface area contributed by atoms with E-state index in [1.54, 1.807) is 0 Å². The number of hydrogen-bond acceptors (Lipinski definition) is 2. The van der Waals surface area contributed by atoms with E-state index in [2.05, 4.69) is 0 Å². The lowest BCUT2D eigenvalue weighted by molar-refractivity contribution is -0.141. The first-order valence-corrected chi connectivity index (χ1v) is 4.62. The number of hydrogen-bond donors (Lipinski definition) is 2. The van der Waals surface area contributed by atoms with Gasteiger partial charge in [0.05, 0.1) is 0 Å². The molecule has 0 aliphatic heterocycles. The Hall–Kier alpha value is -0.570. The molecule has 2 bridgehead atoms. The minimum absolute atomic E-state index is 0.0312. The molecule has 2 rings (SSSR count). The molecule has 68 valence electrons. The zero-order chi connectivity index (χ0) is 8.77. The summed E-state index contributed by atoms with van der Waals surface area (Å²) in [4.78, 5) is 10.7. The number of carboxylic acid groups (broad SMARTS) is 1. The molecule has 2 aliphatic carbocycles. The second kappa shape index (κ2) is 2.46.